The summed E-state index contributed by atoms with van der Waals surface area (Å²) in [6, 6.07) is 0. The molecule has 1 aliphatic carbocycles. The highest BCUT2D eigenvalue weighted by Crippen LogP contribution is 2.37. The molecule has 0 radical (unpaired) electrons. The lowest BCUT2D eigenvalue weighted by atomic mass is 9.71. The summed E-state index contributed by atoms with van der Waals surface area (Å²) in [7, 11) is 0. The van der Waals surface area contributed by atoms with Crippen LogP contribution in [0.2, 0.25) is 0 Å². The van der Waals surface area contributed by atoms with Crippen molar-refractivity contribution in [2.24, 2.45) is 11.8 Å². The van der Waals surface area contributed by atoms with Crippen LogP contribution < -0.4 is 0 Å². The molecule has 0 aromatic rings. The fourth-order valence-corrected chi connectivity index (χ4v) is 1.88. The zero-order valence-corrected chi connectivity index (χ0v) is 8.79. The fourth-order valence-electron chi connectivity index (χ4n) is 1.88. The Hall–Kier alpha value is -0.780. The molecule has 1 fully saturated rings. The molecule has 3 nitrogen and oxygen atoms in total. The number of alkyl halides is 3. The Kier molecular flexibility index (Phi) is 4.58. The minimum absolute atomic E-state index is 0.0440. The number of carbonyl (C=O) groups is 1. The second-order valence-electron chi connectivity index (χ2n) is 4.09. The van der Waals surface area contributed by atoms with E-state index in [1.165, 1.54) is 0 Å². The lowest BCUT2D eigenvalue weighted by molar-refractivity contribution is -0.174. The molecular weight excluding hydrogens is 225 g/mol. The van der Waals surface area contributed by atoms with Gasteiger partial charge in [0.05, 0.1) is 5.92 Å². The first kappa shape index (κ1) is 13.3. The van der Waals surface area contributed by atoms with Crippen molar-refractivity contribution in [2.75, 3.05) is 13.2 Å². The van der Waals surface area contributed by atoms with E-state index in [1.54, 1.807) is 0 Å². The average Bonchev–Trinajstić information content (AvgIpc) is 2.05. The number of carboxylic acid groups (broad SMARTS) is 1. The summed E-state index contributed by atoms with van der Waals surface area (Å²) in [6.07, 6.45) is -1.61. The van der Waals surface area contributed by atoms with Crippen molar-refractivity contribution < 1.29 is 27.8 Å². The van der Waals surface area contributed by atoms with E-state index in [4.69, 9.17) is 5.11 Å². The summed E-state index contributed by atoms with van der Waals surface area (Å²) in [4.78, 5) is 10.6. The smallest absolute Gasteiger partial charge is 0.411 e. The molecule has 0 bridgehead atoms. The van der Waals surface area contributed by atoms with Crippen molar-refractivity contribution in [3.63, 3.8) is 0 Å². The molecular formula is C10H15F3O3. The Morgan fingerprint density at radius 2 is 2.06 bits per heavy atom. The van der Waals surface area contributed by atoms with Crippen molar-refractivity contribution in [3.05, 3.63) is 0 Å². The maximum Gasteiger partial charge on any atom is 0.411 e. The molecule has 0 heterocycles. The zero-order chi connectivity index (χ0) is 12.2. The summed E-state index contributed by atoms with van der Waals surface area (Å²) in [5.74, 6) is -0.984. The van der Waals surface area contributed by atoms with E-state index < -0.39 is 18.8 Å². The van der Waals surface area contributed by atoms with Gasteiger partial charge in [-0.1, -0.05) is 0 Å². The van der Waals surface area contributed by atoms with Crippen LogP contribution >= 0.6 is 0 Å². The number of hydrogen-bond acceptors (Lipinski definition) is 2. The fraction of sp³-hybridized carbons (Fsp3) is 0.900. The quantitative estimate of drug-likeness (QED) is 0.725. The predicted octanol–water partition coefficient (Wildman–Crippen LogP) is 2.46. The molecule has 16 heavy (non-hydrogen) atoms. The molecule has 6 heteroatoms. The van der Waals surface area contributed by atoms with Gasteiger partial charge in [0, 0.05) is 6.61 Å². The molecule has 0 aromatic heterocycles. The first-order valence-electron chi connectivity index (χ1n) is 5.27. The molecule has 1 aliphatic rings. The Balaban J connectivity index is 2.02. The SMILES string of the molecule is O=C(O)C1CCC1CCCOCC(F)(F)F. The van der Waals surface area contributed by atoms with Gasteiger partial charge in [-0.3, -0.25) is 4.79 Å². The minimum atomic E-state index is -4.28. The molecule has 1 rings (SSSR count). The molecule has 0 amide bonds. The van der Waals surface area contributed by atoms with E-state index in [2.05, 4.69) is 4.74 Å². The zero-order valence-electron chi connectivity index (χ0n) is 8.79. The third-order valence-corrected chi connectivity index (χ3v) is 2.86. The number of rotatable bonds is 6. The van der Waals surface area contributed by atoms with E-state index in [-0.39, 0.29) is 18.4 Å². The lowest BCUT2D eigenvalue weighted by Gasteiger charge is -2.33. The molecule has 0 saturated heterocycles. The van der Waals surface area contributed by atoms with Crippen molar-refractivity contribution in [1.29, 1.82) is 0 Å². The summed E-state index contributed by atoms with van der Waals surface area (Å²) in [6.45, 7) is -1.18. The summed E-state index contributed by atoms with van der Waals surface area (Å²) in [5, 5.41) is 8.73. The summed E-state index contributed by atoms with van der Waals surface area (Å²) >= 11 is 0. The van der Waals surface area contributed by atoms with Crippen molar-refractivity contribution >= 4 is 5.97 Å². The van der Waals surface area contributed by atoms with Crippen molar-refractivity contribution in [3.8, 4) is 0 Å². The van der Waals surface area contributed by atoms with Gasteiger partial charge >= 0.3 is 12.1 Å². The van der Waals surface area contributed by atoms with Gasteiger partial charge in [0.15, 0.2) is 0 Å². The summed E-state index contributed by atoms with van der Waals surface area (Å²) in [5.41, 5.74) is 0. The Morgan fingerprint density at radius 1 is 1.38 bits per heavy atom. The van der Waals surface area contributed by atoms with E-state index in [1.807, 2.05) is 0 Å². The first-order valence-corrected chi connectivity index (χ1v) is 5.27. The van der Waals surface area contributed by atoms with Crippen LogP contribution in [-0.4, -0.2) is 30.5 Å². The Morgan fingerprint density at radius 3 is 2.50 bits per heavy atom. The predicted molar refractivity (Wildman–Crippen MR) is 50.0 cm³/mol. The highest BCUT2D eigenvalue weighted by Gasteiger charge is 2.35. The lowest BCUT2D eigenvalue weighted by Crippen LogP contribution is -2.32. The van der Waals surface area contributed by atoms with Gasteiger partial charge in [0.2, 0.25) is 0 Å². The van der Waals surface area contributed by atoms with Gasteiger partial charge in [-0.05, 0) is 31.6 Å². The van der Waals surface area contributed by atoms with Crippen LogP contribution in [0.3, 0.4) is 0 Å². The average molecular weight is 240 g/mol. The Bertz CT molecular complexity index is 240. The van der Waals surface area contributed by atoms with Crippen molar-refractivity contribution in [1.82, 2.24) is 0 Å². The van der Waals surface area contributed by atoms with Gasteiger partial charge in [-0.25, -0.2) is 0 Å². The molecule has 2 unspecified atom stereocenters. The van der Waals surface area contributed by atoms with Crippen molar-refractivity contribution in [2.45, 2.75) is 31.9 Å². The van der Waals surface area contributed by atoms with Crippen LogP contribution in [0.1, 0.15) is 25.7 Å². The number of hydrogen-bond donors (Lipinski definition) is 1. The van der Waals surface area contributed by atoms with Crippen LogP contribution in [0.25, 0.3) is 0 Å². The van der Waals surface area contributed by atoms with Gasteiger partial charge in [0.25, 0.3) is 0 Å². The highest BCUT2D eigenvalue weighted by atomic mass is 19.4. The second kappa shape index (κ2) is 5.52. The second-order valence-corrected chi connectivity index (χ2v) is 4.09. The van der Waals surface area contributed by atoms with Crippen LogP contribution in [-0.2, 0) is 9.53 Å². The molecule has 1 saturated carbocycles. The first-order chi connectivity index (χ1) is 7.40. The topological polar surface area (TPSA) is 46.5 Å². The van der Waals surface area contributed by atoms with E-state index in [9.17, 15) is 18.0 Å². The molecule has 0 aromatic carbocycles. The van der Waals surface area contributed by atoms with Gasteiger partial charge in [0.1, 0.15) is 6.61 Å². The normalized spacial score (nSPS) is 25.2. The number of aliphatic carboxylic acids is 1. The van der Waals surface area contributed by atoms with Gasteiger partial charge in [-0.15, -0.1) is 0 Å². The Labute approximate surface area is 91.6 Å². The molecule has 94 valence electrons. The third-order valence-electron chi connectivity index (χ3n) is 2.86. The van der Waals surface area contributed by atoms with Crippen LogP contribution in [0, 0.1) is 11.8 Å². The number of carboxylic acids is 1. The standard InChI is InChI=1S/C10H15F3O3/c11-10(12,13)6-16-5-1-2-7-3-4-8(7)9(14)15/h7-8H,1-6H2,(H,14,15). The summed E-state index contributed by atoms with van der Waals surface area (Å²) < 4.78 is 39.5. The van der Waals surface area contributed by atoms with Gasteiger partial charge in [-0.2, -0.15) is 13.2 Å². The highest BCUT2D eigenvalue weighted by molar-refractivity contribution is 5.71. The maximum absolute atomic E-state index is 11.7. The molecule has 1 N–H and O–H groups in total. The van der Waals surface area contributed by atoms with E-state index in [0.29, 0.717) is 19.3 Å². The largest absolute Gasteiger partial charge is 0.481 e. The van der Waals surface area contributed by atoms with E-state index >= 15 is 0 Å². The maximum atomic E-state index is 11.7. The number of ether oxygens (including phenoxy) is 1. The molecule has 2 atom stereocenters. The minimum Gasteiger partial charge on any atom is -0.481 e. The van der Waals surface area contributed by atoms with Crippen LogP contribution in [0.4, 0.5) is 13.2 Å². The molecule has 0 aliphatic heterocycles. The van der Waals surface area contributed by atoms with Crippen LogP contribution in [0.5, 0.6) is 0 Å². The number of halogens is 3. The molecule has 0 spiro atoms. The third kappa shape index (κ3) is 4.38. The van der Waals surface area contributed by atoms with Gasteiger partial charge < -0.3 is 9.84 Å². The monoisotopic (exact) mass is 240 g/mol. The van der Waals surface area contributed by atoms with Crippen LogP contribution in [0.15, 0.2) is 0 Å². The van der Waals surface area contributed by atoms with E-state index in [0.717, 1.165) is 6.42 Å².